The first kappa shape index (κ1) is 19.4. The van der Waals surface area contributed by atoms with Gasteiger partial charge in [-0.15, -0.1) is 0 Å². The Morgan fingerprint density at radius 2 is 1.87 bits per heavy atom. The van der Waals surface area contributed by atoms with E-state index in [1.807, 2.05) is 0 Å². The van der Waals surface area contributed by atoms with E-state index in [9.17, 15) is 32.7 Å². The molecule has 8 nitrogen and oxygen atoms in total. The van der Waals surface area contributed by atoms with Crippen LogP contribution in [0.25, 0.3) is 16.7 Å². The fraction of sp³-hybridized carbons (Fsp3) is 0.158. The monoisotopic (exact) mass is 418 g/mol. The summed E-state index contributed by atoms with van der Waals surface area (Å²) in [5.41, 5.74) is -2.78. The number of benzene rings is 1. The molecule has 1 atom stereocenters. The molecule has 0 radical (unpaired) electrons. The highest BCUT2D eigenvalue weighted by atomic mass is 19.1. The minimum atomic E-state index is -1.62. The summed E-state index contributed by atoms with van der Waals surface area (Å²) < 4.78 is 43.0. The zero-order valence-corrected chi connectivity index (χ0v) is 15.3. The van der Waals surface area contributed by atoms with Crippen LogP contribution in [0.5, 0.6) is 0 Å². The zero-order chi connectivity index (χ0) is 21.7. The molecule has 1 aliphatic rings. The Kier molecular flexibility index (Phi) is 4.45. The number of nitrogens with one attached hydrogen (secondary N) is 1. The third-order valence-electron chi connectivity index (χ3n) is 4.64. The van der Waals surface area contributed by atoms with Crippen LogP contribution >= 0.6 is 0 Å². The summed E-state index contributed by atoms with van der Waals surface area (Å²) in [6.45, 7) is 2.02. The molecule has 0 bridgehead atoms. The Hall–Kier alpha value is -3.89. The van der Waals surface area contributed by atoms with Gasteiger partial charge in [-0.25, -0.2) is 27.7 Å². The third-order valence-corrected chi connectivity index (χ3v) is 4.64. The van der Waals surface area contributed by atoms with Crippen LogP contribution in [0.1, 0.15) is 17.3 Å². The number of carboxylic acid groups (broad SMARTS) is 1. The van der Waals surface area contributed by atoms with Gasteiger partial charge in [0.2, 0.25) is 5.43 Å². The number of aromatic carboxylic acids is 1. The maximum absolute atomic E-state index is 14.4. The largest absolute Gasteiger partial charge is 0.477 e. The van der Waals surface area contributed by atoms with Crippen LogP contribution in [-0.2, 0) is 0 Å². The quantitative estimate of drug-likeness (QED) is 0.680. The number of carboxylic acids is 1. The van der Waals surface area contributed by atoms with Crippen LogP contribution in [0.3, 0.4) is 0 Å². The number of anilines is 1. The van der Waals surface area contributed by atoms with Gasteiger partial charge in [0.15, 0.2) is 17.3 Å². The highest BCUT2D eigenvalue weighted by Crippen LogP contribution is 2.25. The predicted molar refractivity (Wildman–Crippen MR) is 99.5 cm³/mol. The number of nitrogens with zero attached hydrogens (tertiary/aromatic N) is 3. The molecule has 1 fully saturated rings. The zero-order valence-electron chi connectivity index (χ0n) is 15.3. The SMILES string of the molecule is CC1CN(c2ccc3c(=O)c(C(=O)O)cn(-c4c(F)cc(F)cc4F)c3n2)C(=O)N1. The van der Waals surface area contributed by atoms with E-state index in [2.05, 4.69) is 10.3 Å². The van der Waals surface area contributed by atoms with E-state index in [-0.39, 0.29) is 29.4 Å². The van der Waals surface area contributed by atoms with Gasteiger partial charge in [0.1, 0.15) is 22.9 Å². The Balaban J connectivity index is 2.06. The summed E-state index contributed by atoms with van der Waals surface area (Å²) in [5, 5.41) is 11.7. The number of rotatable bonds is 3. The van der Waals surface area contributed by atoms with Crippen molar-refractivity contribution in [3.05, 3.63) is 63.7 Å². The van der Waals surface area contributed by atoms with Crippen LogP contribution in [0.15, 0.2) is 35.3 Å². The number of hydrogen-bond acceptors (Lipinski definition) is 4. The molecular formula is C19H13F3N4O4. The topological polar surface area (TPSA) is 105 Å². The lowest BCUT2D eigenvalue weighted by atomic mass is 10.1. The van der Waals surface area contributed by atoms with E-state index < -0.39 is 46.1 Å². The summed E-state index contributed by atoms with van der Waals surface area (Å²) in [7, 11) is 0. The molecule has 2 amide bonds. The Labute approximate surface area is 166 Å². The molecule has 154 valence electrons. The second-order valence-corrected chi connectivity index (χ2v) is 6.77. The van der Waals surface area contributed by atoms with E-state index in [4.69, 9.17) is 0 Å². The molecule has 0 saturated carbocycles. The molecule has 1 aliphatic heterocycles. The lowest BCUT2D eigenvalue weighted by Crippen LogP contribution is -2.29. The van der Waals surface area contributed by atoms with Crippen molar-refractivity contribution in [3.8, 4) is 5.69 Å². The van der Waals surface area contributed by atoms with E-state index in [1.165, 1.54) is 17.0 Å². The Morgan fingerprint density at radius 3 is 2.43 bits per heavy atom. The summed E-state index contributed by atoms with van der Waals surface area (Å²) in [4.78, 5) is 41.6. The van der Waals surface area contributed by atoms with Crippen LogP contribution in [0, 0.1) is 17.5 Å². The molecule has 1 unspecified atom stereocenters. The first-order valence-corrected chi connectivity index (χ1v) is 8.70. The summed E-state index contributed by atoms with van der Waals surface area (Å²) in [6, 6.07) is 2.75. The Bertz CT molecular complexity index is 1270. The molecule has 11 heteroatoms. The van der Waals surface area contributed by atoms with Crippen LogP contribution in [-0.4, -0.2) is 39.2 Å². The minimum Gasteiger partial charge on any atom is -0.477 e. The maximum atomic E-state index is 14.4. The number of fused-ring (bicyclic) bond motifs is 1. The van der Waals surface area contributed by atoms with Gasteiger partial charge in [0, 0.05) is 30.9 Å². The highest BCUT2D eigenvalue weighted by molar-refractivity contribution is 5.96. The molecule has 4 rings (SSSR count). The number of carbonyl (C=O) groups excluding carboxylic acids is 1. The van der Waals surface area contributed by atoms with Gasteiger partial charge in [-0.2, -0.15) is 0 Å². The number of urea groups is 1. The maximum Gasteiger partial charge on any atom is 0.341 e. The summed E-state index contributed by atoms with van der Waals surface area (Å²) in [5.74, 6) is -5.35. The fourth-order valence-corrected chi connectivity index (χ4v) is 3.32. The van der Waals surface area contributed by atoms with Crippen LogP contribution in [0.2, 0.25) is 0 Å². The molecule has 0 aliphatic carbocycles. The van der Waals surface area contributed by atoms with Crippen molar-refractivity contribution in [2.45, 2.75) is 13.0 Å². The van der Waals surface area contributed by atoms with Crippen LogP contribution < -0.4 is 15.6 Å². The summed E-state index contributed by atoms with van der Waals surface area (Å²) >= 11 is 0. The van der Waals surface area contributed by atoms with Gasteiger partial charge < -0.3 is 10.4 Å². The molecule has 3 aromatic rings. The van der Waals surface area contributed by atoms with Gasteiger partial charge >= 0.3 is 12.0 Å². The van der Waals surface area contributed by atoms with E-state index in [0.717, 1.165) is 10.8 Å². The van der Waals surface area contributed by atoms with Gasteiger partial charge in [-0.3, -0.25) is 14.3 Å². The van der Waals surface area contributed by atoms with Crippen molar-refractivity contribution >= 4 is 28.9 Å². The molecule has 1 aromatic carbocycles. The fourth-order valence-electron chi connectivity index (χ4n) is 3.32. The second kappa shape index (κ2) is 6.87. The number of pyridine rings is 2. The van der Waals surface area contributed by atoms with Gasteiger partial charge in [0.25, 0.3) is 0 Å². The predicted octanol–water partition coefficient (Wildman–Crippen LogP) is 2.42. The summed E-state index contributed by atoms with van der Waals surface area (Å²) in [6.07, 6.45) is 0.718. The van der Waals surface area contributed by atoms with E-state index in [0.29, 0.717) is 12.1 Å². The van der Waals surface area contributed by atoms with Crippen molar-refractivity contribution in [1.82, 2.24) is 14.9 Å². The third kappa shape index (κ3) is 3.04. The molecule has 2 aromatic heterocycles. The first-order chi connectivity index (χ1) is 14.2. The van der Waals surface area contributed by atoms with Gasteiger partial charge in [-0.05, 0) is 19.1 Å². The molecule has 0 spiro atoms. The molecule has 3 heterocycles. The minimum absolute atomic E-state index is 0.0866. The molecule has 30 heavy (non-hydrogen) atoms. The standard InChI is InChI=1S/C19H13F3N4O4/c1-8-6-25(19(30)23-8)14-3-2-10-16(27)11(18(28)29)7-26(17(10)24-14)15-12(21)4-9(20)5-13(15)22/h2-5,7-8H,6H2,1H3,(H,23,30)(H,28,29). The first-order valence-electron chi connectivity index (χ1n) is 8.70. The van der Waals surface area contributed by atoms with Gasteiger partial charge in [-0.1, -0.05) is 0 Å². The second-order valence-electron chi connectivity index (χ2n) is 6.77. The number of carbonyl (C=O) groups is 2. The van der Waals surface area contributed by atoms with Crippen molar-refractivity contribution in [1.29, 1.82) is 0 Å². The van der Waals surface area contributed by atoms with Crippen molar-refractivity contribution in [2.75, 3.05) is 11.4 Å². The van der Waals surface area contributed by atoms with Crippen molar-refractivity contribution < 1.29 is 27.9 Å². The average molecular weight is 418 g/mol. The number of halogens is 3. The highest BCUT2D eigenvalue weighted by Gasteiger charge is 2.29. The average Bonchev–Trinajstić information content (AvgIpc) is 3.00. The Morgan fingerprint density at radius 1 is 1.20 bits per heavy atom. The molecule has 1 saturated heterocycles. The van der Waals surface area contributed by atoms with E-state index in [1.54, 1.807) is 6.92 Å². The van der Waals surface area contributed by atoms with E-state index >= 15 is 0 Å². The van der Waals surface area contributed by atoms with Crippen molar-refractivity contribution in [3.63, 3.8) is 0 Å². The number of hydrogen-bond donors (Lipinski definition) is 2. The van der Waals surface area contributed by atoms with Gasteiger partial charge in [0.05, 0.1) is 5.39 Å². The lowest BCUT2D eigenvalue weighted by molar-refractivity contribution is 0.0695. The van der Waals surface area contributed by atoms with Crippen LogP contribution in [0.4, 0.5) is 23.8 Å². The normalized spacial score (nSPS) is 16.2. The molecule has 2 N–H and O–H groups in total. The lowest BCUT2D eigenvalue weighted by Gasteiger charge is -2.17. The molecular weight excluding hydrogens is 405 g/mol. The van der Waals surface area contributed by atoms with Crippen molar-refractivity contribution in [2.24, 2.45) is 0 Å². The smallest absolute Gasteiger partial charge is 0.341 e. The number of amides is 2. The number of aromatic nitrogens is 2.